The Hall–Kier alpha value is -3.27. The van der Waals surface area contributed by atoms with Crippen LogP contribution in [0.3, 0.4) is 0 Å². The Balaban J connectivity index is 1.46. The van der Waals surface area contributed by atoms with Crippen LogP contribution in [0, 0.1) is 6.92 Å². The number of pyridine rings is 3. The minimum absolute atomic E-state index is 0.825. The van der Waals surface area contributed by atoms with Gasteiger partial charge in [0.15, 0.2) is 5.65 Å². The average Bonchev–Trinajstić information content (AvgIpc) is 3.15. The van der Waals surface area contributed by atoms with Gasteiger partial charge in [0.1, 0.15) is 5.65 Å². The molecule has 5 aromatic rings. The molecule has 4 aromatic heterocycles. The lowest BCUT2D eigenvalue weighted by atomic mass is 10.0. The molecule has 5 rings (SSSR count). The van der Waals surface area contributed by atoms with Gasteiger partial charge in [0.05, 0.1) is 5.69 Å². The summed E-state index contributed by atoms with van der Waals surface area (Å²) in [7, 11) is 0. The molecule has 0 spiro atoms. The van der Waals surface area contributed by atoms with E-state index in [4.69, 9.17) is 9.97 Å². The van der Waals surface area contributed by atoms with Gasteiger partial charge in [-0.1, -0.05) is 25.1 Å². The summed E-state index contributed by atoms with van der Waals surface area (Å²) in [6.07, 6.45) is 7.00. The number of fused-ring (bicyclic) bond motifs is 4. The zero-order valence-electron chi connectivity index (χ0n) is 16.2. The van der Waals surface area contributed by atoms with Gasteiger partial charge in [-0.05, 0) is 67.5 Å². The van der Waals surface area contributed by atoms with Crippen molar-refractivity contribution in [1.29, 1.82) is 0 Å². The van der Waals surface area contributed by atoms with Gasteiger partial charge in [-0.15, -0.1) is 0 Å². The van der Waals surface area contributed by atoms with Crippen LogP contribution in [-0.4, -0.2) is 19.4 Å². The highest BCUT2D eigenvalue weighted by atomic mass is 15.0. The van der Waals surface area contributed by atoms with E-state index in [2.05, 4.69) is 71.2 Å². The Labute approximate surface area is 163 Å². The number of hydrogen-bond donors (Lipinski definition) is 0. The number of imidazole rings is 1. The van der Waals surface area contributed by atoms with E-state index < -0.39 is 0 Å². The van der Waals surface area contributed by atoms with Crippen molar-refractivity contribution in [3.63, 3.8) is 0 Å². The summed E-state index contributed by atoms with van der Waals surface area (Å²) in [5.41, 5.74) is 6.37. The molecule has 0 aliphatic carbocycles. The van der Waals surface area contributed by atoms with E-state index in [0.29, 0.717) is 0 Å². The van der Waals surface area contributed by atoms with Crippen LogP contribution in [0.4, 0.5) is 0 Å². The SMILES string of the molecule is CCc1cccc2c1ccn1cc(CCc3ccc4ccc(C)nc4n3)nc21. The fourth-order valence-corrected chi connectivity index (χ4v) is 3.87. The maximum absolute atomic E-state index is 4.93. The molecule has 0 N–H and O–H groups in total. The summed E-state index contributed by atoms with van der Waals surface area (Å²) in [6, 6.07) is 17.0. The van der Waals surface area contributed by atoms with Crippen molar-refractivity contribution in [1.82, 2.24) is 19.4 Å². The van der Waals surface area contributed by atoms with Crippen LogP contribution < -0.4 is 0 Å². The van der Waals surface area contributed by atoms with Crippen molar-refractivity contribution in [2.24, 2.45) is 0 Å². The fourth-order valence-electron chi connectivity index (χ4n) is 3.87. The lowest BCUT2D eigenvalue weighted by molar-refractivity contribution is 0.894. The minimum atomic E-state index is 0.825. The van der Waals surface area contributed by atoms with Crippen LogP contribution in [0.15, 0.2) is 60.9 Å². The smallest absolute Gasteiger partial charge is 0.159 e. The molecule has 4 heteroatoms. The lowest BCUT2D eigenvalue weighted by Crippen LogP contribution is -1.96. The van der Waals surface area contributed by atoms with Crippen molar-refractivity contribution in [3.05, 3.63) is 83.6 Å². The Kier molecular flexibility index (Phi) is 4.05. The van der Waals surface area contributed by atoms with Crippen molar-refractivity contribution in [2.75, 3.05) is 0 Å². The summed E-state index contributed by atoms with van der Waals surface area (Å²) in [5.74, 6) is 0. The van der Waals surface area contributed by atoms with Crippen LogP contribution >= 0.6 is 0 Å². The summed E-state index contributed by atoms with van der Waals surface area (Å²) >= 11 is 0. The standard InChI is InChI=1S/C24H22N4/c1-3-17-5-4-6-22-21(17)13-14-28-15-20(27-24(22)28)12-11-19-10-9-18-8-7-16(2)25-23(18)26-19/h4-10,13-15H,3,11-12H2,1-2H3. The van der Waals surface area contributed by atoms with Gasteiger partial charge >= 0.3 is 0 Å². The van der Waals surface area contributed by atoms with Crippen molar-refractivity contribution < 1.29 is 0 Å². The molecule has 0 saturated heterocycles. The second kappa shape index (κ2) is 6.71. The highest BCUT2D eigenvalue weighted by Crippen LogP contribution is 2.24. The van der Waals surface area contributed by atoms with Crippen molar-refractivity contribution in [2.45, 2.75) is 33.1 Å². The highest BCUT2D eigenvalue weighted by molar-refractivity contribution is 5.96. The highest BCUT2D eigenvalue weighted by Gasteiger charge is 2.09. The molecule has 0 radical (unpaired) electrons. The van der Waals surface area contributed by atoms with Crippen LogP contribution in [0.1, 0.15) is 29.6 Å². The van der Waals surface area contributed by atoms with Gasteiger partial charge in [-0.3, -0.25) is 0 Å². The maximum atomic E-state index is 4.93. The first kappa shape index (κ1) is 16.9. The molecule has 4 nitrogen and oxygen atoms in total. The summed E-state index contributed by atoms with van der Waals surface area (Å²) in [4.78, 5) is 14.2. The molecule has 0 amide bonds. The summed E-state index contributed by atoms with van der Waals surface area (Å²) in [6.45, 7) is 4.20. The van der Waals surface area contributed by atoms with E-state index in [1.165, 1.54) is 16.3 Å². The number of nitrogens with zero attached hydrogens (tertiary/aromatic N) is 4. The molecule has 0 bridgehead atoms. The summed E-state index contributed by atoms with van der Waals surface area (Å²) in [5, 5.41) is 3.60. The zero-order valence-corrected chi connectivity index (χ0v) is 16.2. The summed E-state index contributed by atoms with van der Waals surface area (Å²) < 4.78 is 2.13. The molecule has 1 aromatic carbocycles. The normalized spacial score (nSPS) is 11.6. The zero-order chi connectivity index (χ0) is 19.1. The Bertz CT molecular complexity index is 1320. The van der Waals surface area contributed by atoms with E-state index in [0.717, 1.165) is 53.0 Å². The number of aryl methyl sites for hydroxylation is 4. The molecule has 0 saturated carbocycles. The lowest BCUT2D eigenvalue weighted by Gasteiger charge is -2.05. The average molecular weight is 366 g/mol. The van der Waals surface area contributed by atoms with Gasteiger partial charge in [-0.25, -0.2) is 15.0 Å². The molecule has 0 aliphatic heterocycles. The predicted molar refractivity (Wildman–Crippen MR) is 114 cm³/mol. The monoisotopic (exact) mass is 366 g/mol. The van der Waals surface area contributed by atoms with Gasteiger partial charge in [0.25, 0.3) is 0 Å². The molecular formula is C24H22N4. The van der Waals surface area contributed by atoms with Gasteiger partial charge in [0.2, 0.25) is 0 Å². The Morgan fingerprint density at radius 3 is 2.57 bits per heavy atom. The molecule has 0 atom stereocenters. The first-order valence-corrected chi connectivity index (χ1v) is 9.83. The van der Waals surface area contributed by atoms with Crippen molar-refractivity contribution in [3.8, 4) is 0 Å². The van der Waals surface area contributed by atoms with Crippen molar-refractivity contribution >= 4 is 27.5 Å². The predicted octanol–water partition coefficient (Wildman–Crippen LogP) is 5.09. The molecule has 28 heavy (non-hydrogen) atoms. The van der Waals surface area contributed by atoms with Gasteiger partial charge < -0.3 is 4.40 Å². The van der Waals surface area contributed by atoms with E-state index in [9.17, 15) is 0 Å². The van der Waals surface area contributed by atoms with Crippen LogP contribution in [-0.2, 0) is 19.3 Å². The Morgan fingerprint density at radius 1 is 0.821 bits per heavy atom. The largest absolute Gasteiger partial charge is 0.306 e. The van der Waals surface area contributed by atoms with Crippen LogP contribution in [0.2, 0.25) is 0 Å². The number of hydrogen-bond acceptors (Lipinski definition) is 3. The molecule has 138 valence electrons. The third kappa shape index (κ3) is 2.91. The molecule has 0 unspecified atom stereocenters. The third-order valence-corrected chi connectivity index (χ3v) is 5.39. The molecule has 0 fully saturated rings. The van der Waals surface area contributed by atoms with E-state index in [1.807, 2.05) is 13.0 Å². The second-order valence-corrected chi connectivity index (χ2v) is 7.31. The molecule has 4 heterocycles. The first-order chi connectivity index (χ1) is 13.7. The second-order valence-electron chi connectivity index (χ2n) is 7.31. The Morgan fingerprint density at radius 2 is 1.68 bits per heavy atom. The molecular weight excluding hydrogens is 344 g/mol. The maximum Gasteiger partial charge on any atom is 0.159 e. The van der Waals surface area contributed by atoms with Crippen LogP contribution in [0.5, 0.6) is 0 Å². The third-order valence-electron chi connectivity index (χ3n) is 5.39. The van der Waals surface area contributed by atoms with E-state index in [-0.39, 0.29) is 0 Å². The first-order valence-electron chi connectivity index (χ1n) is 9.83. The van der Waals surface area contributed by atoms with Crippen LogP contribution in [0.25, 0.3) is 27.5 Å². The fraction of sp³-hybridized carbons (Fsp3) is 0.208. The van der Waals surface area contributed by atoms with Gasteiger partial charge in [-0.2, -0.15) is 0 Å². The minimum Gasteiger partial charge on any atom is -0.306 e. The van der Waals surface area contributed by atoms with E-state index in [1.54, 1.807) is 0 Å². The molecule has 0 aliphatic rings. The number of benzene rings is 1. The number of aromatic nitrogens is 4. The number of rotatable bonds is 4. The quantitative estimate of drug-likeness (QED) is 0.445. The van der Waals surface area contributed by atoms with Gasteiger partial charge in [0, 0.05) is 34.6 Å². The van der Waals surface area contributed by atoms with E-state index >= 15 is 0 Å². The topological polar surface area (TPSA) is 43.1 Å².